The molecule has 8 heteroatoms. The van der Waals surface area contributed by atoms with E-state index in [1.54, 1.807) is 25.6 Å². The lowest BCUT2D eigenvalue weighted by Gasteiger charge is -2.13. The number of benzene rings is 1. The van der Waals surface area contributed by atoms with Crippen molar-refractivity contribution in [3.63, 3.8) is 0 Å². The largest absolute Gasteiger partial charge is 0.497 e. The number of nitrogens with zero attached hydrogens (tertiary/aromatic N) is 2. The number of thiazole rings is 1. The van der Waals surface area contributed by atoms with Crippen LogP contribution in [0.5, 0.6) is 11.5 Å². The highest BCUT2D eigenvalue weighted by Gasteiger charge is 2.17. The summed E-state index contributed by atoms with van der Waals surface area (Å²) in [7, 11) is 3.22. The molecule has 0 radical (unpaired) electrons. The van der Waals surface area contributed by atoms with Crippen LogP contribution in [-0.2, 0) is 11.8 Å². The Morgan fingerprint density at radius 2 is 2.00 bits per heavy atom. The third-order valence-electron chi connectivity index (χ3n) is 3.51. The van der Waals surface area contributed by atoms with E-state index in [0.717, 1.165) is 17.1 Å². The van der Waals surface area contributed by atoms with Gasteiger partial charge in [0.2, 0.25) is 0 Å². The van der Waals surface area contributed by atoms with Gasteiger partial charge < -0.3 is 20.5 Å². The molecule has 2 aromatic rings. The summed E-state index contributed by atoms with van der Waals surface area (Å²) >= 11 is 1.69. The van der Waals surface area contributed by atoms with E-state index in [-0.39, 0.29) is 29.4 Å². The van der Waals surface area contributed by atoms with Crippen molar-refractivity contribution in [3.8, 4) is 11.5 Å². The highest BCUT2D eigenvalue weighted by molar-refractivity contribution is 14.0. The number of guanidine groups is 1. The first-order chi connectivity index (χ1) is 11.8. The molecule has 0 bridgehead atoms. The number of nitrogens with one attached hydrogen (secondary N) is 1. The summed E-state index contributed by atoms with van der Waals surface area (Å²) in [5, 5.41) is 6.28. The monoisotopic (exact) mass is 490 g/mol. The van der Waals surface area contributed by atoms with E-state index in [0.29, 0.717) is 29.7 Å². The van der Waals surface area contributed by atoms with Gasteiger partial charge >= 0.3 is 0 Å². The molecule has 0 amide bonds. The number of rotatable bonds is 6. The predicted octanol–water partition coefficient (Wildman–Crippen LogP) is 4.05. The highest BCUT2D eigenvalue weighted by atomic mass is 127. The smallest absolute Gasteiger partial charge is 0.193 e. The quantitative estimate of drug-likeness (QED) is 0.363. The van der Waals surface area contributed by atoms with Crippen molar-refractivity contribution in [3.05, 3.63) is 34.3 Å². The maximum absolute atomic E-state index is 5.98. The van der Waals surface area contributed by atoms with Crippen LogP contribution >= 0.6 is 35.3 Å². The standard InChI is InChI=1S/C18H26N4O2S.HI/c1-18(2,3)16-21-12(11-25-16)8-9-20-17(19)22-14-10-13(23-4)6-7-15(14)24-5;/h6-7,10-11H,8-9H2,1-5H3,(H3,19,20,22);1H. The molecule has 0 unspecified atom stereocenters. The van der Waals surface area contributed by atoms with Crippen LogP contribution in [0.2, 0.25) is 0 Å². The zero-order chi connectivity index (χ0) is 18.4. The van der Waals surface area contributed by atoms with E-state index < -0.39 is 0 Å². The zero-order valence-corrected chi connectivity index (χ0v) is 19.0. The summed E-state index contributed by atoms with van der Waals surface area (Å²) in [5.74, 6) is 1.72. The Hall–Kier alpha value is -1.55. The molecule has 0 fully saturated rings. The minimum atomic E-state index is 0. The fourth-order valence-electron chi connectivity index (χ4n) is 2.15. The lowest BCUT2D eigenvalue weighted by atomic mass is 9.98. The Bertz CT molecular complexity index is 741. The van der Waals surface area contributed by atoms with Gasteiger partial charge in [0, 0.05) is 29.8 Å². The molecule has 6 nitrogen and oxygen atoms in total. The van der Waals surface area contributed by atoms with E-state index in [4.69, 9.17) is 15.2 Å². The lowest BCUT2D eigenvalue weighted by molar-refractivity contribution is 0.405. The summed E-state index contributed by atoms with van der Waals surface area (Å²) in [6.45, 7) is 7.06. The number of ether oxygens (including phenoxy) is 2. The van der Waals surface area contributed by atoms with Gasteiger partial charge in [-0.1, -0.05) is 20.8 Å². The van der Waals surface area contributed by atoms with Gasteiger partial charge in [0.1, 0.15) is 11.5 Å². The average Bonchev–Trinajstić information content (AvgIpc) is 3.04. The molecule has 1 aromatic heterocycles. The Morgan fingerprint density at radius 3 is 2.58 bits per heavy atom. The first kappa shape index (κ1) is 22.5. The first-order valence-corrected chi connectivity index (χ1v) is 8.95. The van der Waals surface area contributed by atoms with E-state index in [9.17, 15) is 0 Å². The van der Waals surface area contributed by atoms with E-state index >= 15 is 0 Å². The normalized spacial score (nSPS) is 11.7. The number of methoxy groups -OCH3 is 2. The van der Waals surface area contributed by atoms with Crippen LogP contribution in [0.25, 0.3) is 0 Å². The number of hydrogen-bond acceptors (Lipinski definition) is 5. The summed E-state index contributed by atoms with van der Waals surface area (Å²) in [6, 6.07) is 5.46. The van der Waals surface area contributed by atoms with Gasteiger partial charge in [-0.2, -0.15) is 0 Å². The molecule has 3 N–H and O–H groups in total. The molecule has 0 aliphatic carbocycles. The highest BCUT2D eigenvalue weighted by Crippen LogP contribution is 2.28. The van der Waals surface area contributed by atoms with Crippen LogP contribution in [0.4, 0.5) is 5.69 Å². The van der Waals surface area contributed by atoms with Crippen molar-refractivity contribution >= 4 is 47.0 Å². The van der Waals surface area contributed by atoms with Crippen molar-refractivity contribution in [2.45, 2.75) is 32.6 Å². The van der Waals surface area contributed by atoms with Crippen molar-refractivity contribution < 1.29 is 9.47 Å². The van der Waals surface area contributed by atoms with Crippen molar-refractivity contribution in [2.24, 2.45) is 10.7 Å². The molecule has 1 aromatic carbocycles. The average molecular weight is 490 g/mol. The zero-order valence-electron chi connectivity index (χ0n) is 15.8. The van der Waals surface area contributed by atoms with Gasteiger partial charge in [-0.3, -0.25) is 4.99 Å². The van der Waals surface area contributed by atoms with Crippen molar-refractivity contribution in [1.29, 1.82) is 0 Å². The number of aliphatic imine (C=N–C) groups is 1. The third-order valence-corrected chi connectivity index (χ3v) is 4.83. The molecule has 0 atom stereocenters. The summed E-state index contributed by atoms with van der Waals surface area (Å²) in [4.78, 5) is 9.03. The van der Waals surface area contributed by atoms with E-state index in [1.165, 1.54) is 0 Å². The Kier molecular flexibility index (Phi) is 8.61. The van der Waals surface area contributed by atoms with Crippen LogP contribution in [0.15, 0.2) is 28.6 Å². The van der Waals surface area contributed by atoms with Crippen LogP contribution in [0.3, 0.4) is 0 Å². The second kappa shape index (κ2) is 9.96. The molecule has 144 valence electrons. The van der Waals surface area contributed by atoms with Crippen LogP contribution in [0.1, 0.15) is 31.5 Å². The summed E-state index contributed by atoms with van der Waals surface area (Å²) < 4.78 is 10.5. The minimum absolute atomic E-state index is 0. The first-order valence-electron chi connectivity index (χ1n) is 8.07. The Labute approximate surface area is 176 Å². The molecule has 0 aliphatic heterocycles. The van der Waals surface area contributed by atoms with Crippen molar-refractivity contribution in [1.82, 2.24) is 4.98 Å². The van der Waals surface area contributed by atoms with Gasteiger partial charge in [-0.25, -0.2) is 4.98 Å². The molecular formula is C18H27IN4O2S. The maximum atomic E-state index is 5.98. The molecular weight excluding hydrogens is 463 g/mol. The maximum Gasteiger partial charge on any atom is 0.193 e. The topological polar surface area (TPSA) is 81.8 Å². The van der Waals surface area contributed by atoms with Gasteiger partial charge in [-0.15, -0.1) is 35.3 Å². The molecule has 0 spiro atoms. The fraction of sp³-hybridized carbons (Fsp3) is 0.444. The number of aromatic nitrogens is 1. The van der Waals surface area contributed by atoms with Crippen LogP contribution in [-0.4, -0.2) is 31.7 Å². The summed E-state index contributed by atoms with van der Waals surface area (Å²) in [6.07, 6.45) is 0.754. The molecule has 0 saturated heterocycles. The molecule has 2 rings (SSSR count). The van der Waals surface area contributed by atoms with Gasteiger partial charge in [-0.05, 0) is 12.1 Å². The predicted molar refractivity (Wildman–Crippen MR) is 120 cm³/mol. The third kappa shape index (κ3) is 6.31. The molecule has 0 saturated carbocycles. The van der Waals surface area contributed by atoms with Gasteiger partial charge in [0.15, 0.2) is 5.96 Å². The van der Waals surface area contributed by atoms with Gasteiger partial charge in [0.25, 0.3) is 0 Å². The van der Waals surface area contributed by atoms with E-state index in [2.05, 4.69) is 41.4 Å². The minimum Gasteiger partial charge on any atom is -0.497 e. The number of anilines is 1. The Balaban J connectivity index is 0.00000338. The second-order valence-corrected chi connectivity index (χ2v) is 7.46. The van der Waals surface area contributed by atoms with Gasteiger partial charge in [0.05, 0.1) is 30.6 Å². The SMILES string of the molecule is COc1ccc(OC)c(NC(N)=NCCc2csc(C(C)(C)C)n2)c1.I. The fourth-order valence-corrected chi connectivity index (χ4v) is 3.09. The summed E-state index contributed by atoms with van der Waals surface area (Å²) in [5.41, 5.74) is 7.82. The Morgan fingerprint density at radius 1 is 1.27 bits per heavy atom. The van der Waals surface area contributed by atoms with Crippen LogP contribution in [0, 0.1) is 0 Å². The number of nitrogens with two attached hydrogens (primary N) is 1. The van der Waals surface area contributed by atoms with Crippen LogP contribution < -0.4 is 20.5 Å². The second-order valence-electron chi connectivity index (χ2n) is 6.60. The molecule has 0 aliphatic rings. The molecule has 1 heterocycles. The van der Waals surface area contributed by atoms with E-state index in [1.807, 2.05) is 18.2 Å². The lowest BCUT2D eigenvalue weighted by Crippen LogP contribution is -2.23. The number of halogens is 1. The molecule has 26 heavy (non-hydrogen) atoms. The van der Waals surface area contributed by atoms with Crippen molar-refractivity contribution in [2.75, 3.05) is 26.1 Å². The number of hydrogen-bond donors (Lipinski definition) is 2.